The molecule has 0 radical (unpaired) electrons. The molecule has 140 valence electrons. The summed E-state index contributed by atoms with van der Waals surface area (Å²) in [4.78, 5) is 28.4. The predicted octanol–water partition coefficient (Wildman–Crippen LogP) is 1.01. The van der Waals surface area contributed by atoms with E-state index in [4.69, 9.17) is 14.2 Å². The predicted molar refractivity (Wildman–Crippen MR) is 90.7 cm³/mol. The zero-order valence-electron chi connectivity index (χ0n) is 14.6. The van der Waals surface area contributed by atoms with Crippen LogP contribution >= 0.6 is 0 Å². The third-order valence-corrected chi connectivity index (χ3v) is 5.60. The molecule has 4 rings (SSSR count). The maximum absolute atomic E-state index is 12.9. The number of carbonyl (C=O) groups excluding carboxylic acids is 1. The summed E-state index contributed by atoms with van der Waals surface area (Å²) < 4.78 is 16.3. The molecule has 8 heteroatoms. The van der Waals surface area contributed by atoms with Crippen LogP contribution in [0.4, 0.5) is 4.79 Å². The average Bonchev–Trinajstić information content (AvgIpc) is 3.09. The highest BCUT2D eigenvalue weighted by atomic mass is 16.5. The van der Waals surface area contributed by atoms with Crippen LogP contribution in [0.3, 0.4) is 0 Å². The highest BCUT2D eigenvalue weighted by molar-refractivity contribution is 5.82. The number of urea groups is 1. The van der Waals surface area contributed by atoms with E-state index in [-0.39, 0.29) is 25.1 Å². The molecule has 0 bridgehead atoms. The van der Waals surface area contributed by atoms with Gasteiger partial charge in [0, 0.05) is 43.7 Å². The Labute approximate surface area is 151 Å². The molecule has 0 aliphatic carbocycles. The van der Waals surface area contributed by atoms with Gasteiger partial charge in [-0.25, -0.2) is 4.79 Å². The molecule has 1 aromatic carbocycles. The van der Waals surface area contributed by atoms with Crippen LogP contribution in [-0.2, 0) is 9.53 Å². The molecule has 0 spiro atoms. The summed E-state index contributed by atoms with van der Waals surface area (Å²) in [5.74, 6) is 0.0543. The second-order valence-electron chi connectivity index (χ2n) is 6.97. The first-order valence-corrected chi connectivity index (χ1v) is 8.71. The number of carboxylic acids is 1. The quantitative estimate of drug-likeness (QED) is 0.845. The van der Waals surface area contributed by atoms with Gasteiger partial charge in [0.25, 0.3) is 0 Å². The Hall–Kier alpha value is -2.48. The van der Waals surface area contributed by atoms with Crippen LogP contribution in [0.25, 0.3) is 0 Å². The molecule has 26 heavy (non-hydrogen) atoms. The number of hydrogen-bond acceptors (Lipinski definition) is 5. The Morgan fingerprint density at radius 3 is 2.73 bits per heavy atom. The number of fused-ring (bicyclic) bond motifs is 3. The summed E-state index contributed by atoms with van der Waals surface area (Å²) in [6.45, 7) is 2.65. The highest BCUT2D eigenvalue weighted by Gasteiger charge is 2.58. The van der Waals surface area contributed by atoms with Gasteiger partial charge < -0.3 is 29.1 Å². The number of benzene rings is 1. The fourth-order valence-electron chi connectivity index (χ4n) is 4.09. The van der Waals surface area contributed by atoms with Gasteiger partial charge in [0.2, 0.25) is 0 Å². The van der Waals surface area contributed by atoms with Crippen LogP contribution in [0.1, 0.15) is 11.5 Å². The number of rotatable bonds is 2. The van der Waals surface area contributed by atoms with Crippen molar-refractivity contribution < 1.29 is 28.9 Å². The van der Waals surface area contributed by atoms with E-state index in [0.717, 1.165) is 5.56 Å². The Morgan fingerprint density at radius 2 is 2.04 bits per heavy atom. The summed E-state index contributed by atoms with van der Waals surface area (Å²) in [5.41, 5.74) is -0.305. The van der Waals surface area contributed by atoms with Crippen LogP contribution in [0.5, 0.6) is 11.5 Å². The first kappa shape index (κ1) is 17.0. The number of nitrogens with zero attached hydrogens (tertiary/aromatic N) is 2. The van der Waals surface area contributed by atoms with E-state index in [1.54, 1.807) is 29.0 Å². The number of morpholine rings is 1. The van der Waals surface area contributed by atoms with Crippen molar-refractivity contribution in [2.75, 3.05) is 53.1 Å². The lowest BCUT2D eigenvalue weighted by atomic mass is 9.73. The van der Waals surface area contributed by atoms with Gasteiger partial charge >= 0.3 is 12.0 Å². The maximum atomic E-state index is 12.9. The number of amides is 2. The standard InChI is InChI=1S/C18H22N2O6/c1-24-12-2-3-13-14-9-20(17(23)19-4-6-25-7-5-19)10-18(14,16(21)22)11-26-15(13)8-12/h2-3,8,14H,4-7,9-11H2,1H3,(H,21,22)/t14-,18-/m0/s1. The number of carboxylic acid groups (broad SMARTS) is 1. The van der Waals surface area contributed by atoms with Gasteiger partial charge in [0.05, 0.1) is 20.3 Å². The van der Waals surface area contributed by atoms with Crippen LogP contribution in [0.15, 0.2) is 18.2 Å². The zero-order valence-corrected chi connectivity index (χ0v) is 14.6. The molecule has 2 amide bonds. The first-order valence-electron chi connectivity index (χ1n) is 8.71. The number of hydrogen-bond donors (Lipinski definition) is 1. The second-order valence-corrected chi connectivity index (χ2v) is 6.97. The minimum absolute atomic E-state index is 0.0417. The van der Waals surface area contributed by atoms with Crippen molar-refractivity contribution in [3.05, 3.63) is 23.8 Å². The zero-order chi connectivity index (χ0) is 18.3. The normalized spacial score (nSPS) is 27.3. The summed E-state index contributed by atoms with van der Waals surface area (Å²) in [6.07, 6.45) is 0. The van der Waals surface area contributed by atoms with E-state index >= 15 is 0 Å². The third kappa shape index (κ3) is 2.56. The maximum Gasteiger partial charge on any atom is 0.320 e. The monoisotopic (exact) mass is 362 g/mol. The lowest BCUT2D eigenvalue weighted by Crippen LogP contribution is -2.49. The highest BCUT2D eigenvalue weighted by Crippen LogP contribution is 2.50. The van der Waals surface area contributed by atoms with Crippen LogP contribution < -0.4 is 9.47 Å². The molecule has 3 aliphatic heterocycles. The summed E-state index contributed by atoms with van der Waals surface area (Å²) in [7, 11) is 1.57. The van der Waals surface area contributed by atoms with Crippen LogP contribution in [-0.4, -0.2) is 80.0 Å². The molecular formula is C18H22N2O6. The molecule has 0 aromatic heterocycles. The molecule has 3 aliphatic rings. The topological polar surface area (TPSA) is 88.5 Å². The summed E-state index contributed by atoms with van der Waals surface area (Å²) in [6, 6.07) is 5.29. The van der Waals surface area contributed by atoms with Gasteiger partial charge in [-0.15, -0.1) is 0 Å². The van der Waals surface area contributed by atoms with E-state index in [1.807, 2.05) is 6.07 Å². The van der Waals surface area contributed by atoms with Crippen molar-refractivity contribution in [2.24, 2.45) is 5.41 Å². The van der Waals surface area contributed by atoms with Crippen molar-refractivity contribution in [1.29, 1.82) is 0 Å². The molecule has 8 nitrogen and oxygen atoms in total. The minimum Gasteiger partial charge on any atom is -0.497 e. The number of carbonyl (C=O) groups is 2. The number of likely N-dealkylation sites (tertiary alicyclic amines) is 1. The minimum atomic E-state index is -1.12. The summed E-state index contributed by atoms with van der Waals surface area (Å²) in [5, 5.41) is 9.96. The number of aliphatic carboxylic acids is 1. The second kappa shape index (κ2) is 6.35. The smallest absolute Gasteiger partial charge is 0.320 e. The van der Waals surface area contributed by atoms with E-state index in [2.05, 4.69) is 0 Å². The van der Waals surface area contributed by atoms with Crippen molar-refractivity contribution >= 4 is 12.0 Å². The average molecular weight is 362 g/mol. The van der Waals surface area contributed by atoms with Crippen molar-refractivity contribution in [1.82, 2.24) is 9.80 Å². The van der Waals surface area contributed by atoms with Gasteiger partial charge in [-0.2, -0.15) is 0 Å². The molecule has 2 atom stereocenters. The molecule has 2 saturated heterocycles. The van der Waals surface area contributed by atoms with Crippen LogP contribution in [0, 0.1) is 5.41 Å². The van der Waals surface area contributed by atoms with Gasteiger partial charge in [0.15, 0.2) is 0 Å². The molecule has 0 saturated carbocycles. The molecule has 2 fully saturated rings. The lowest BCUT2D eigenvalue weighted by Gasteiger charge is -2.35. The summed E-state index contributed by atoms with van der Waals surface area (Å²) >= 11 is 0. The Morgan fingerprint density at radius 1 is 1.27 bits per heavy atom. The molecule has 1 aromatic rings. The van der Waals surface area contributed by atoms with Gasteiger partial charge in [-0.1, -0.05) is 6.07 Å². The first-order chi connectivity index (χ1) is 12.5. The Bertz CT molecular complexity index is 732. The molecular weight excluding hydrogens is 340 g/mol. The Balaban J connectivity index is 1.64. The largest absolute Gasteiger partial charge is 0.497 e. The third-order valence-electron chi connectivity index (χ3n) is 5.60. The van der Waals surface area contributed by atoms with Gasteiger partial charge in [-0.3, -0.25) is 4.79 Å². The Kier molecular flexibility index (Phi) is 4.14. The molecule has 1 N–H and O–H groups in total. The fraction of sp³-hybridized carbons (Fsp3) is 0.556. The van der Waals surface area contributed by atoms with E-state index in [9.17, 15) is 14.7 Å². The van der Waals surface area contributed by atoms with Crippen molar-refractivity contribution in [3.8, 4) is 11.5 Å². The van der Waals surface area contributed by atoms with Crippen LogP contribution in [0.2, 0.25) is 0 Å². The van der Waals surface area contributed by atoms with E-state index in [0.29, 0.717) is 44.3 Å². The SMILES string of the molecule is COc1ccc2c(c1)OC[C@@]1(C(=O)O)CN(C(=O)N3CCOCC3)C[C@@H]21. The number of methoxy groups -OCH3 is 1. The van der Waals surface area contributed by atoms with Gasteiger partial charge in [-0.05, 0) is 6.07 Å². The lowest BCUT2D eigenvalue weighted by molar-refractivity contribution is -0.151. The van der Waals surface area contributed by atoms with Crippen molar-refractivity contribution in [3.63, 3.8) is 0 Å². The van der Waals surface area contributed by atoms with E-state index < -0.39 is 11.4 Å². The molecule has 3 heterocycles. The van der Waals surface area contributed by atoms with E-state index in [1.165, 1.54) is 0 Å². The fourth-order valence-corrected chi connectivity index (χ4v) is 4.09. The number of ether oxygens (including phenoxy) is 3. The molecule has 0 unspecified atom stereocenters. The van der Waals surface area contributed by atoms with Gasteiger partial charge in [0.1, 0.15) is 23.5 Å². The van der Waals surface area contributed by atoms with Crippen molar-refractivity contribution in [2.45, 2.75) is 5.92 Å².